The zero-order chi connectivity index (χ0) is 8.34. The fourth-order valence-electron chi connectivity index (χ4n) is 2.33. The standard InChI is InChI=1S/C12H11.Au/c1-12(2)10-7-8-5-3-4-6-9(8)11(10)12;/h3-6,11H,1-2H3;/q-1;+1/t11-;/m1./s1. The minimum atomic E-state index is 0. The van der Waals surface area contributed by atoms with Crippen LogP contribution in [0.3, 0.4) is 0 Å². The van der Waals surface area contributed by atoms with Gasteiger partial charge in [-0.05, 0) is 11.3 Å². The first-order valence-electron chi connectivity index (χ1n) is 4.44. The molecule has 0 unspecified atom stereocenters. The van der Waals surface area contributed by atoms with Crippen LogP contribution < -0.4 is 0 Å². The number of allylic oxidation sites excluding steroid dienone is 1. The third-order valence-electron chi connectivity index (χ3n) is 3.16. The van der Waals surface area contributed by atoms with Crippen molar-refractivity contribution in [2.24, 2.45) is 5.41 Å². The minimum Gasteiger partial charge on any atom is -0.189 e. The van der Waals surface area contributed by atoms with E-state index in [1.54, 1.807) is 0 Å². The van der Waals surface area contributed by atoms with E-state index >= 15 is 0 Å². The summed E-state index contributed by atoms with van der Waals surface area (Å²) in [5, 5.41) is 0. The van der Waals surface area contributed by atoms with Gasteiger partial charge in [-0.15, -0.1) is 23.3 Å². The van der Waals surface area contributed by atoms with E-state index in [1.165, 1.54) is 16.7 Å². The Labute approximate surface area is 94.6 Å². The minimum absolute atomic E-state index is 0. The van der Waals surface area contributed by atoms with Crippen molar-refractivity contribution in [3.05, 3.63) is 47.0 Å². The van der Waals surface area contributed by atoms with E-state index < -0.39 is 0 Å². The molecule has 0 radical (unpaired) electrons. The molecule has 0 heterocycles. The maximum atomic E-state index is 3.48. The number of hydrogen-bond donors (Lipinski definition) is 0. The zero-order valence-corrected chi connectivity index (χ0v) is 9.85. The molecule has 1 heteroatoms. The Bertz CT molecular complexity index is 388. The van der Waals surface area contributed by atoms with Gasteiger partial charge in [-0.3, -0.25) is 0 Å². The van der Waals surface area contributed by atoms with Crippen molar-refractivity contribution in [1.29, 1.82) is 0 Å². The monoisotopic (exact) mass is 352 g/mol. The SMILES string of the molecule is CC1(C)C2=[C-]c3ccccc3[C@H]21.[Au+]. The molecule has 1 aromatic rings. The van der Waals surface area contributed by atoms with Crippen LogP contribution in [-0.4, -0.2) is 0 Å². The summed E-state index contributed by atoms with van der Waals surface area (Å²) >= 11 is 0. The Morgan fingerprint density at radius 3 is 2.69 bits per heavy atom. The molecule has 0 aromatic heterocycles. The first-order chi connectivity index (χ1) is 5.71. The van der Waals surface area contributed by atoms with Gasteiger partial charge in [-0.1, -0.05) is 19.9 Å². The molecule has 70 valence electrons. The molecule has 2 aliphatic rings. The average molecular weight is 352 g/mol. The predicted molar refractivity (Wildman–Crippen MR) is 48.8 cm³/mol. The molecule has 0 nitrogen and oxygen atoms in total. The summed E-state index contributed by atoms with van der Waals surface area (Å²) in [7, 11) is 0. The summed E-state index contributed by atoms with van der Waals surface area (Å²) in [5.74, 6) is 0.689. The molecule has 1 aromatic carbocycles. The summed E-state index contributed by atoms with van der Waals surface area (Å²) in [6.45, 7) is 4.60. The average Bonchev–Trinajstić information content (AvgIpc) is 2.46. The number of rotatable bonds is 0. The third kappa shape index (κ3) is 1.03. The predicted octanol–water partition coefficient (Wildman–Crippen LogP) is 2.90. The molecule has 0 saturated heterocycles. The maximum absolute atomic E-state index is 3.48. The largest absolute Gasteiger partial charge is 1.00 e. The Morgan fingerprint density at radius 2 is 1.92 bits per heavy atom. The van der Waals surface area contributed by atoms with Crippen molar-refractivity contribution < 1.29 is 22.4 Å². The molecule has 0 N–H and O–H groups in total. The van der Waals surface area contributed by atoms with Crippen molar-refractivity contribution in [1.82, 2.24) is 0 Å². The van der Waals surface area contributed by atoms with Gasteiger partial charge in [0.1, 0.15) is 0 Å². The van der Waals surface area contributed by atoms with Crippen LogP contribution in [-0.2, 0) is 22.4 Å². The molecular formula is C12H11Au. The van der Waals surface area contributed by atoms with Crippen molar-refractivity contribution in [3.8, 4) is 0 Å². The van der Waals surface area contributed by atoms with Crippen LogP contribution in [0.25, 0.3) is 0 Å². The van der Waals surface area contributed by atoms with Crippen molar-refractivity contribution in [3.63, 3.8) is 0 Å². The molecule has 2 aliphatic carbocycles. The van der Waals surface area contributed by atoms with Gasteiger partial charge < -0.3 is 0 Å². The molecule has 1 saturated carbocycles. The number of fused-ring (bicyclic) bond motifs is 3. The van der Waals surface area contributed by atoms with Crippen LogP contribution in [0.5, 0.6) is 0 Å². The molecule has 13 heavy (non-hydrogen) atoms. The van der Waals surface area contributed by atoms with E-state index in [1.807, 2.05) is 0 Å². The van der Waals surface area contributed by atoms with Crippen LogP contribution in [0, 0.1) is 11.5 Å². The molecular weight excluding hydrogens is 341 g/mol. The Hall–Kier alpha value is -0.300. The zero-order valence-electron chi connectivity index (χ0n) is 7.69. The second-order valence-electron chi connectivity index (χ2n) is 4.28. The van der Waals surface area contributed by atoms with E-state index in [2.05, 4.69) is 44.2 Å². The summed E-state index contributed by atoms with van der Waals surface area (Å²) < 4.78 is 0. The molecule has 0 spiro atoms. The van der Waals surface area contributed by atoms with E-state index in [0.717, 1.165) is 0 Å². The second-order valence-corrected chi connectivity index (χ2v) is 4.28. The normalized spacial score (nSPS) is 25.4. The molecule has 3 rings (SSSR count). The first-order valence-corrected chi connectivity index (χ1v) is 4.44. The summed E-state index contributed by atoms with van der Waals surface area (Å²) in [5.41, 5.74) is 4.71. The Morgan fingerprint density at radius 1 is 1.23 bits per heavy atom. The molecule has 0 bridgehead atoms. The van der Waals surface area contributed by atoms with Crippen molar-refractivity contribution >= 4 is 0 Å². The molecule has 0 amide bonds. The van der Waals surface area contributed by atoms with Gasteiger partial charge in [0.15, 0.2) is 0 Å². The maximum Gasteiger partial charge on any atom is 1.00 e. The van der Waals surface area contributed by atoms with E-state index in [4.69, 9.17) is 0 Å². The molecule has 0 aliphatic heterocycles. The summed E-state index contributed by atoms with van der Waals surface area (Å²) in [6.07, 6.45) is 3.48. The van der Waals surface area contributed by atoms with E-state index in [-0.39, 0.29) is 22.4 Å². The van der Waals surface area contributed by atoms with Crippen LogP contribution in [0.1, 0.15) is 30.9 Å². The van der Waals surface area contributed by atoms with Gasteiger partial charge in [0.2, 0.25) is 0 Å². The van der Waals surface area contributed by atoms with Crippen LogP contribution in [0.4, 0.5) is 0 Å². The molecule has 1 fully saturated rings. The Kier molecular flexibility index (Phi) is 1.85. The van der Waals surface area contributed by atoms with Crippen LogP contribution in [0.15, 0.2) is 29.8 Å². The Balaban J connectivity index is 0.000000653. The van der Waals surface area contributed by atoms with Crippen LogP contribution >= 0.6 is 0 Å². The fraction of sp³-hybridized carbons (Fsp3) is 0.333. The summed E-state index contributed by atoms with van der Waals surface area (Å²) in [4.78, 5) is 0. The summed E-state index contributed by atoms with van der Waals surface area (Å²) in [6, 6.07) is 8.60. The van der Waals surface area contributed by atoms with E-state index in [0.29, 0.717) is 11.3 Å². The van der Waals surface area contributed by atoms with Gasteiger partial charge in [-0.25, -0.2) is 0 Å². The first kappa shape index (κ1) is 9.26. The third-order valence-corrected chi connectivity index (χ3v) is 3.16. The van der Waals surface area contributed by atoms with Gasteiger partial charge in [0, 0.05) is 0 Å². The van der Waals surface area contributed by atoms with Crippen LogP contribution in [0.2, 0.25) is 0 Å². The quantitative estimate of drug-likeness (QED) is 0.498. The van der Waals surface area contributed by atoms with Gasteiger partial charge >= 0.3 is 22.4 Å². The van der Waals surface area contributed by atoms with Crippen molar-refractivity contribution in [2.75, 3.05) is 0 Å². The smallest absolute Gasteiger partial charge is 0.189 e. The second kappa shape index (κ2) is 2.60. The van der Waals surface area contributed by atoms with Gasteiger partial charge in [0.25, 0.3) is 0 Å². The van der Waals surface area contributed by atoms with Crippen molar-refractivity contribution in [2.45, 2.75) is 19.8 Å². The molecule has 1 atom stereocenters. The van der Waals surface area contributed by atoms with E-state index in [9.17, 15) is 0 Å². The van der Waals surface area contributed by atoms with Gasteiger partial charge in [0.05, 0.1) is 0 Å². The van der Waals surface area contributed by atoms with Gasteiger partial charge in [-0.2, -0.15) is 17.7 Å². The number of benzene rings is 1. The topological polar surface area (TPSA) is 0 Å². The fourth-order valence-corrected chi connectivity index (χ4v) is 2.33. The number of hydrogen-bond acceptors (Lipinski definition) is 0.